The number of hydrogen-bond donors (Lipinski definition) is 0. The van der Waals surface area contributed by atoms with Crippen molar-refractivity contribution in [2.45, 2.75) is 216 Å². The van der Waals surface area contributed by atoms with Gasteiger partial charge in [-0.1, -0.05) is 183 Å². The summed E-state index contributed by atoms with van der Waals surface area (Å²) in [5.41, 5.74) is 1.21. The highest BCUT2D eigenvalue weighted by Crippen LogP contribution is 2.53. The van der Waals surface area contributed by atoms with E-state index in [9.17, 15) is 9.59 Å². The van der Waals surface area contributed by atoms with Gasteiger partial charge in [0, 0.05) is 31.9 Å². The van der Waals surface area contributed by atoms with Crippen LogP contribution in [0, 0.1) is 13.8 Å². The summed E-state index contributed by atoms with van der Waals surface area (Å²) in [6.07, 6.45) is 32.6. The quantitative estimate of drug-likeness (QED) is 0.0362. The molecule has 60 heavy (non-hydrogen) atoms. The van der Waals surface area contributed by atoms with E-state index in [-0.39, 0.29) is 26.7 Å². The maximum Gasteiger partial charge on any atom is 0.263 e. The Balaban J connectivity index is 0.00000480. The number of benzene rings is 1. The second-order valence-electron chi connectivity index (χ2n) is 16.9. The number of aryl methyl sites for hydroxylation is 2. The lowest BCUT2D eigenvalue weighted by molar-refractivity contribution is 0.0651. The van der Waals surface area contributed by atoms with Crippen LogP contribution in [0.2, 0.25) is 0 Å². The number of unbranched alkanes of at least 4 members (excludes halogenated alkanes) is 23. The molecule has 8 heteroatoms. The van der Waals surface area contributed by atoms with Crippen molar-refractivity contribution < 1.29 is 19.1 Å². The molecule has 0 saturated heterocycles. The van der Waals surface area contributed by atoms with Crippen LogP contribution < -0.4 is 9.47 Å². The summed E-state index contributed by atoms with van der Waals surface area (Å²) < 4.78 is 15.8. The van der Waals surface area contributed by atoms with Gasteiger partial charge in [0.2, 0.25) is 0 Å². The molecule has 0 radical (unpaired) electrons. The van der Waals surface area contributed by atoms with Crippen molar-refractivity contribution in [2.75, 3.05) is 19.8 Å². The number of thiophene rings is 3. The predicted octanol–water partition coefficient (Wildman–Crippen LogP) is 18.3. The van der Waals surface area contributed by atoms with E-state index in [0.29, 0.717) is 30.9 Å². The number of amides is 2. The van der Waals surface area contributed by atoms with Crippen LogP contribution in [-0.2, 0) is 0 Å². The standard InChI is InChI=1S/C50H75NO4S3.2CH4/c1-6-9-12-15-18-20-22-24-27-30-33-54-44-39-35-37(4)56-46(39)45(55-34-31-28-25-23-21-19-16-13-10-7-2)40-36-41(58-47(40)44)48-43-42(38(5)57-48)49(52)51(50(43)53)32-29-26-17-14-11-8-3;;/h35-36H,6-34H2,1-5H3;2*1H4. The van der Waals surface area contributed by atoms with Gasteiger partial charge < -0.3 is 9.47 Å². The molecule has 0 unspecified atom stereocenters. The summed E-state index contributed by atoms with van der Waals surface area (Å²) in [7, 11) is 0. The number of carbonyl (C=O) groups is 2. The fraction of sp³-hybridized carbons (Fsp3) is 0.692. The first-order valence-electron chi connectivity index (χ1n) is 23.7. The smallest absolute Gasteiger partial charge is 0.263 e. The highest BCUT2D eigenvalue weighted by atomic mass is 32.1. The van der Waals surface area contributed by atoms with Crippen molar-refractivity contribution in [3.8, 4) is 21.3 Å². The van der Waals surface area contributed by atoms with Crippen LogP contribution in [0.5, 0.6) is 11.5 Å². The van der Waals surface area contributed by atoms with Crippen LogP contribution in [-0.4, -0.2) is 36.5 Å². The summed E-state index contributed by atoms with van der Waals surface area (Å²) in [6, 6.07) is 4.50. The molecular weight excluding hydrogens is 799 g/mol. The number of rotatable bonds is 32. The lowest BCUT2D eigenvalue weighted by Gasteiger charge is -2.14. The minimum atomic E-state index is -0.128. The molecule has 4 aromatic rings. The van der Waals surface area contributed by atoms with E-state index in [1.165, 1.54) is 145 Å². The molecule has 1 aliphatic rings. The van der Waals surface area contributed by atoms with Crippen LogP contribution in [0.1, 0.15) is 233 Å². The van der Waals surface area contributed by atoms with Crippen molar-refractivity contribution in [1.82, 2.24) is 4.90 Å². The average molecular weight is 882 g/mol. The Bertz CT molecular complexity index is 1770. The van der Waals surface area contributed by atoms with E-state index in [0.717, 1.165) is 78.4 Å². The normalized spacial score (nSPS) is 12.4. The first-order chi connectivity index (χ1) is 28.4. The molecule has 0 atom stereocenters. The van der Waals surface area contributed by atoms with Crippen molar-refractivity contribution in [2.24, 2.45) is 0 Å². The Morgan fingerprint density at radius 3 is 1.37 bits per heavy atom. The van der Waals surface area contributed by atoms with E-state index in [2.05, 4.69) is 39.8 Å². The topological polar surface area (TPSA) is 55.8 Å². The van der Waals surface area contributed by atoms with Crippen molar-refractivity contribution in [3.63, 3.8) is 0 Å². The summed E-state index contributed by atoms with van der Waals surface area (Å²) in [5, 5.41) is 2.21. The fourth-order valence-corrected chi connectivity index (χ4v) is 12.0. The zero-order chi connectivity index (χ0) is 41.1. The Kier molecular flexibility index (Phi) is 24.5. The summed E-state index contributed by atoms with van der Waals surface area (Å²) >= 11 is 5.08. The van der Waals surface area contributed by atoms with Gasteiger partial charge in [-0.3, -0.25) is 14.5 Å². The number of imide groups is 1. The third-order valence-corrected chi connectivity index (χ3v) is 15.4. The Hall–Kier alpha value is -2.42. The SMILES string of the molecule is C.C.CCCCCCCCCCCCOc1c2cc(-c3sc(C)c4c3C(=O)N(CCCCCCCC)C4=O)sc2c(OCCCCCCCCCCCC)c2cc(C)sc12. The Morgan fingerprint density at radius 2 is 0.883 bits per heavy atom. The van der Waals surface area contributed by atoms with Gasteiger partial charge in [-0.25, -0.2) is 0 Å². The van der Waals surface area contributed by atoms with E-state index in [1.54, 1.807) is 34.0 Å². The molecule has 5 nitrogen and oxygen atoms in total. The largest absolute Gasteiger partial charge is 0.491 e. The van der Waals surface area contributed by atoms with Gasteiger partial charge in [0.15, 0.2) is 0 Å². The molecule has 5 rings (SSSR count). The molecule has 338 valence electrons. The summed E-state index contributed by atoms with van der Waals surface area (Å²) in [5.74, 6) is 1.65. The Labute approximate surface area is 378 Å². The van der Waals surface area contributed by atoms with E-state index < -0.39 is 0 Å². The maximum atomic E-state index is 14.0. The minimum absolute atomic E-state index is 0. The van der Waals surface area contributed by atoms with Gasteiger partial charge in [0.1, 0.15) is 11.5 Å². The molecule has 0 saturated carbocycles. The summed E-state index contributed by atoms with van der Waals surface area (Å²) in [6.45, 7) is 12.8. The minimum Gasteiger partial charge on any atom is -0.491 e. The third-order valence-electron chi connectivity index (χ3n) is 11.9. The number of fused-ring (bicyclic) bond motifs is 3. The summed E-state index contributed by atoms with van der Waals surface area (Å²) in [4.78, 5) is 33.4. The molecule has 3 aromatic heterocycles. The predicted molar refractivity (Wildman–Crippen MR) is 267 cm³/mol. The van der Waals surface area contributed by atoms with Gasteiger partial charge >= 0.3 is 0 Å². The van der Waals surface area contributed by atoms with Crippen molar-refractivity contribution >= 4 is 66.0 Å². The van der Waals surface area contributed by atoms with Gasteiger partial charge in [-0.2, -0.15) is 0 Å². The molecule has 0 fully saturated rings. The van der Waals surface area contributed by atoms with Crippen LogP contribution in [0.4, 0.5) is 0 Å². The average Bonchev–Trinajstić information content (AvgIpc) is 3.97. The molecule has 0 aliphatic carbocycles. The first kappa shape index (κ1) is 51.9. The van der Waals surface area contributed by atoms with Crippen molar-refractivity contribution in [1.29, 1.82) is 0 Å². The molecule has 1 aromatic carbocycles. The fourth-order valence-electron chi connectivity index (χ4n) is 8.55. The van der Waals surface area contributed by atoms with Gasteiger partial charge in [0.05, 0.1) is 38.6 Å². The van der Waals surface area contributed by atoms with Gasteiger partial charge in [-0.05, 0) is 45.2 Å². The van der Waals surface area contributed by atoms with Crippen LogP contribution in [0.3, 0.4) is 0 Å². The molecule has 4 heterocycles. The molecular formula is C52H83NO4S3. The number of ether oxygens (including phenoxy) is 2. The molecule has 0 N–H and O–H groups in total. The van der Waals surface area contributed by atoms with Crippen molar-refractivity contribution in [3.05, 3.63) is 33.0 Å². The maximum absolute atomic E-state index is 14.0. The van der Waals surface area contributed by atoms with Crippen LogP contribution >= 0.6 is 34.0 Å². The van der Waals surface area contributed by atoms with Crippen LogP contribution in [0.25, 0.3) is 29.9 Å². The van der Waals surface area contributed by atoms with Gasteiger partial charge in [-0.15, -0.1) is 34.0 Å². The third kappa shape index (κ3) is 14.3. The monoisotopic (exact) mass is 882 g/mol. The first-order valence-corrected chi connectivity index (χ1v) is 26.1. The lowest BCUT2D eigenvalue weighted by atomic mass is 10.1. The lowest BCUT2D eigenvalue weighted by Crippen LogP contribution is -2.31. The highest BCUT2D eigenvalue weighted by Gasteiger charge is 2.41. The van der Waals surface area contributed by atoms with E-state index in [4.69, 9.17) is 9.47 Å². The second-order valence-corrected chi connectivity index (χ2v) is 20.5. The molecule has 0 bridgehead atoms. The Morgan fingerprint density at radius 1 is 0.483 bits per heavy atom. The molecule has 0 spiro atoms. The van der Waals surface area contributed by atoms with E-state index >= 15 is 0 Å². The molecule has 1 aliphatic heterocycles. The number of hydrogen-bond acceptors (Lipinski definition) is 7. The second kappa shape index (κ2) is 28.3. The highest BCUT2D eigenvalue weighted by molar-refractivity contribution is 7.27. The van der Waals surface area contributed by atoms with E-state index in [1.807, 2.05) is 6.92 Å². The van der Waals surface area contributed by atoms with Crippen LogP contribution in [0.15, 0.2) is 12.1 Å². The zero-order valence-corrected chi connectivity index (χ0v) is 39.4. The molecule has 2 amide bonds. The zero-order valence-electron chi connectivity index (χ0n) is 37.0. The van der Waals surface area contributed by atoms with Gasteiger partial charge in [0.25, 0.3) is 11.8 Å². The number of carbonyl (C=O) groups excluding carboxylic acids is 2. The number of nitrogens with zero attached hydrogens (tertiary/aromatic N) is 1.